The molecule has 0 radical (unpaired) electrons. The average Bonchev–Trinajstić information content (AvgIpc) is 3.19. The molecule has 0 aliphatic carbocycles. The van der Waals surface area contributed by atoms with E-state index in [9.17, 15) is 9.59 Å². The lowest BCUT2D eigenvalue weighted by Crippen LogP contribution is -2.44. The molecular formula is C19H25N3O3. The van der Waals surface area contributed by atoms with Crippen molar-refractivity contribution in [3.05, 3.63) is 36.1 Å². The van der Waals surface area contributed by atoms with Crippen molar-refractivity contribution in [2.24, 2.45) is 5.92 Å². The number of carbonyl (C=O) groups excluding carboxylic acids is 2. The highest BCUT2D eigenvalue weighted by atomic mass is 16.3. The molecule has 0 saturated carbocycles. The molecule has 134 valence electrons. The third kappa shape index (κ3) is 3.95. The lowest BCUT2D eigenvalue weighted by atomic mass is 10.2. The Morgan fingerprint density at radius 2 is 2.12 bits per heavy atom. The standard InChI is InChI=1S/C19H25N3O3/c1-13(2)18(23)22-9-8-15(11-22)20-19(24)21(3)12-16-10-14-6-4-5-7-17(14)25-16/h4-7,10,13,15H,8-9,11-12H2,1-3H3,(H,20,24)/t15-/m1/s1. The number of rotatable bonds is 4. The van der Waals surface area contributed by atoms with Crippen molar-refractivity contribution in [1.82, 2.24) is 15.1 Å². The maximum Gasteiger partial charge on any atom is 0.317 e. The topological polar surface area (TPSA) is 65.8 Å². The average molecular weight is 343 g/mol. The Morgan fingerprint density at radius 3 is 2.84 bits per heavy atom. The third-order valence-corrected chi connectivity index (χ3v) is 4.54. The van der Waals surface area contributed by atoms with Gasteiger partial charge in [-0.15, -0.1) is 0 Å². The predicted octanol–water partition coefficient (Wildman–Crippen LogP) is 2.83. The van der Waals surface area contributed by atoms with Crippen LogP contribution in [0.25, 0.3) is 11.0 Å². The van der Waals surface area contributed by atoms with Gasteiger partial charge in [0.05, 0.1) is 6.54 Å². The second kappa shape index (κ2) is 7.17. The number of amides is 3. The molecule has 0 spiro atoms. The van der Waals surface area contributed by atoms with E-state index in [0.717, 1.165) is 23.2 Å². The number of benzene rings is 1. The quantitative estimate of drug-likeness (QED) is 0.928. The molecule has 1 N–H and O–H groups in total. The number of furan rings is 1. The van der Waals surface area contributed by atoms with E-state index in [1.165, 1.54) is 0 Å². The predicted molar refractivity (Wildman–Crippen MR) is 96.0 cm³/mol. The van der Waals surface area contributed by atoms with Crippen LogP contribution in [0.1, 0.15) is 26.0 Å². The minimum Gasteiger partial charge on any atom is -0.459 e. The molecule has 1 aromatic carbocycles. The SMILES string of the molecule is CC(C)C(=O)N1CC[C@@H](NC(=O)N(C)Cc2cc3ccccc3o2)C1. The van der Waals surface area contributed by atoms with Crippen LogP contribution in [0.5, 0.6) is 0 Å². The highest BCUT2D eigenvalue weighted by molar-refractivity contribution is 5.79. The molecule has 1 aromatic heterocycles. The Hall–Kier alpha value is -2.50. The minimum absolute atomic E-state index is 0.00771. The number of para-hydroxylation sites is 1. The van der Waals surface area contributed by atoms with Gasteiger partial charge in [-0.3, -0.25) is 4.79 Å². The smallest absolute Gasteiger partial charge is 0.317 e. The van der Waals surface area contributed by atoms with E-state index in [-0.39, 0.29) is 23.9 Å². The number of likely N-dealkylation sites (tertiary alicyclic amines) is 1. The van der Waals surface area contributed by atoms with E-state index in [0.29, 0.717) is 19.6 Å². The zero-order chi connectivity index (χ0) is 18.0. The first-order chi connectivity index (χ1) is 11.9. The monoisotopic (exact) mass is 343 g/mol. The van der Waals surface area contributed by atoms with Crippen LogP contribution in [0, 0.1) is 5.92 Å². The summed E-state index contributed by atoms with van der Waals surface area (Å²) >= 11 is 0. The van der Waals surface area contributed by atoms with Crippen LogP contribution in [0.15, 0.2) is 34.7 Å². The molecule has 1 atom stereocenters. The fraction of sp³-hybridized carbons (Fsp3) is 0.474. The van der Waals surface area contributed by atoms with Crippen molar-refractivity contribution in [3.63, 3.8) is 0 Å². The van der Waals surface area contributed by atoms with E-state index >= 15 is 0 Å². The number of hydrogen-bond donors (Lipinski definition) is 1. The number of fused-ring (bicyclic) bond motifs is 1. The van der Waals surface area contributed by atoms with Gasteiger partial charge in [0.25, 0.3) is 0 Å². The van der Waals surface area contributed by atoms with Crippen molar-refractivity contribution >= 4 is 22.9 Å². The molecule has 3 amide bonds. The maximum atomic E-state index is 12.4. The fourth-order valence-electron chi connectivity index (χ4n) is 3.15. The lowest BCUT2D eigenvalue weighted by Gasteiger charge is -2.21. The van der Waals surface area contributed by atoms with E-state index in [4.69, 9.17) is 4.42 Å². The van der Waals surface area contributed by atoms with E-state index in [2.05, 4.69) is 5.32 Å². The van der Waals surface area contributed by atoms with Gasteiger partial charge in [0.15, 0.2) is 0 Å². The van der Waals surface area contributed by atoms with Crippen LogP contribution in [0.3, 0.4) is 0 Å². The molecule has 2 heterocycles. The summed E-state index contributed by atoms with van der Waals surface area (Å²) in [6.45, 7) is 5.49. The largest absolute Gasteiger partial charge is 0.459 e. The lowest BCUT2D eigenvalue weighted by molar-refractivity contribution is -0.133. The van der Waals surface area contributed by atoms with Gasteiger partial charge < -0.3 is 19.5 Å². The molecule has 1 saturated heterocycles. The first-order valence-electron chi connectivity index (χ1n) is 8.72. The molecule has 6 heteroatoms. The normalized spacial score (nSPS) is 17.3. The second-order valence-electron chi connectivity index (χ2n) is 6.98. The molecule has 6 nitrogen and oxygen atoms in total. The summed E-state index contributed by atoms with van der Waals surface area (Å²) in [4.78, 5) is 27.9. The van der Waals surface area contributed by atoms with Crippen LogP contribution in [0.2, 0.25) is 0 Å². The Kier molecular flexibility index (Phi) is 4.97. The summed E-state index contributed by atoms with van der Waals surface area (Å²) in [5.41, 5.74) is 0.824. The Balaban J connectivity index is 1.53. The molecule has 25 heavy (non-hydrogen) atoms. The van der Waals surface area contributed by atoms with Gasteiger partial charge in [-0.1, -0.05) is 32.0 Å². The van der Waals surface area contributed by atoms with Crippen LogP contribution in [-0.2, 0) is 11.3 Å². The molecule has 2 aromatic rings. The molecule has 1 aliphatic rings. The van der Waals surface area contributed by atoms with Gasteiger partial charge in [-0.05, 0) is 18.6 Å². The van der Waals surface area contributed by atoms with E-state index in [1.807, 2.05) is 49.1 Å². The van der Waals surface area contributed by atoms with Gasteiger partial charge >= 0.3 is 6.03 Å². The number of hydrogen-bond acceptors (Lipinski definition) is 3. The van der Waals surface area contributed by atoms with Crippen LogP contribution >= 0.6 is 0 Å². The van der Waals surface area contributed by atoms with Gasteiger partial charge in [-0.25, -0.2) is 4.79 Å². The summed E-state index contributed by atoms with van der Waals surface area (Å²) < 4.78 is 5.76. The van der Waals surface area contributed by atoms with E-state index in [1.54, 1.807) is 11.9 Å². The van der Waals surface area contributed by atoms with Crippen LogP contribution < -0.4 is 5.32 Å². The number of nitrogens with one attached hydrogen (secondary N) is 1. The maximum absolute atomic E-state index is 12.4. The zero-order valence-electron chi connectivity index (χ0n) is 15.0. The van der Waals surface area contributed by atoms with Gasteiger partial charge in [0.1, 0.15) is 11.3 Å². The number of carbonyl (C=O) groups is 2. The van der Waals surface area contributed by atoms with Crippen LogP contribution in [0.4, 0.5) is 4.79 Å². The first kappa shape index (κ1) is 17.3. The molecule has 0 bridgehead atoms. The molecule has 3 rings (SSSR count). The Bertz CT molecular complexity index is 735. The van der Waals surface area contributed by atoms with Crippen molar-refractivity contribution in [1.29, 1.82) is 0 Å². The third-order valence-electron chi connectivity index (χ3n) is 4.54. The summed E-state index contributed by atoms with van der Waals surface area (Å²) in [5, 5.41) is 4.04. The molecule has 1 fully saturated rings. The Morgan fingerprint density at radius 1 is 1.36 bits per heavy atom. The Labute approximate surface area is 147 Å². The van der Waals surface area contributed by atoms with Crippen molar-refractivity contribution in [3.8, 4) is 0 Å². The summed E-state index contributed by atoms with van der Waals surface area (Å²) in [5.74, 6) is 0.888. The van der Waals surface area contributed by atoms with Gasteiger partial charge in [-0.2, -0.15) is 0 Å². The van der Waals surface area contributed by atoms with Crippen molar-refractivity contribution in [2.45, 2.75) is 32.9 Å². The van der Waals surface area contributed by atoms with Crippen molar-refractivity contribution in [2.75, 3.05) is 20.1 Å². The number of urea groups is 1. The summed E-state index contributed by atoms with van der Waals surface area (Å²) in [6, 6.07) is 9.60. The minimum atomic E-state index is -0.149. The second-order valence-corrected chi connectivity index (χ2v) is 6.98. The van der Waals surface area contributed by atoms with Crippen molar-refractivity contribution < 1.29 is 14.0 Å². The molecular weight excluding hydrogens is 318 g/mol. The highest BCUT2D eigenvalue weighted by Crippen LogP contribution is 2.20. The molecule has 1 aliphatic heterocycles. The van der Waals surface area contributed by atoms with Gasteiger partial charge in [0.2, 0.25) is 5.91 Å². The summed E-state index contributed by atoms with van der Waals surface area (Å²) in [7, 11) is 1.74. The van der Waals surface area contributed by atoms with Crippen LogP contribution in [-0.4, -0.2) is 47.9 Å². The first-order valence-corrected chi connectivity index (χ1v) is 8.72. The summed E-state index contributed by atoms with van der Waals surface area (Å²) in [6.07, 6.45) is 0.794. The van der Waals surface area contributed by atoms with E-state index < -0.39 is 0 Å². The number of nitrogens with zero attached hydrogens (tertiary/aromatic N) is 2. The molecule has 0 unspecified atom stereocenters. The highest BCUT2D eigenvalue weighted by Gasteiger charge is 2.29. The fourth-order valence-corrected chi connectivity index (χ4v) is 3.15. The van der Waals surface area contributed by atoms with Gasteiger partial charge in [0, 0.05) is 37.5 Å². The zero-order valence-corrected chi connectivity index (χ0v) is 15.0.